The molecule has 45 heavy (non-hydrogen) atoms. The van der Waals surface area contributed by atoms with Gasteiger partial charge in [0.1, 0.15) is 17.5 Å². The molecule has 0 saturated heterocycles. The normalized spacial score (nSPS) is 10.5. The molecule has 0 bridgehead atoms. The van der Waals surface area contributed by atoms with Crippen LogP contribution in [0.5, 0.6) is 17.5 Å². The second kappa shape index (κ2) is 19.9. The van der Waals surface area contributed by atoms with Crippen molar-refractivity contribution in [2.24, 2.45) is 0 Å². The van der Waals surface area contributed by atoms with Crippen LogP contribution in [0.1, 0.15) is 37.7 Å². The van der Waals surface area contributed by atoms with E-state index in [1.807, 2.05) is 0 Å². The first kappa shape index (κ1) is 38.8. The number of ether oxygens (including phenoxy) is 3. The molecule has 0 saturated carbocycles. The second-order valence-electron chi connectivity index (χ2n) is 8.91. The zero-order valence-electron chi connectivity index (χ0n) is 25.8. The van der Waals surface area contributed by atoms with E-state index in [0.717, 1.165) is 5.56 Å². The number of aliphatic hydroxyl groups excluding tert-OH is 4. The van der Waals surface area contributed by atoms with Crippen molar-refractivity contribution >= 4 is 5.78 Å². The van der Waals surface area contributed by atoms with E-state index in [2.05, 4.69) is 32.1 Å². The van der Waals surface area contributed by atoms with Crippen LogP contribution in [0, 0.1) is 12.1 Å². The van der Waals surface area contributed by atoms with Gasteiger partial charge in [0.05, 0.1) is 46.9 Å². The molecule has 0 aromatic carbocycles. The fourth-order valence-corrected chi connectivity index (χ4v) is 3.37. The van der Waals surface area contributed by atoms with Crippen LogP contribution < -0.4 is 14.2 Å². The maximum atomic E-state index is 10.4. The first-order chi connectivity index (χ1) is 21.1. The molecule has 4 rings (SSSR count). The van der Waals surface area contributed by atoms with Crippen LogP contribution >= 0.6 is 0 Å². The van der Waals surface area contributed by atoms with Gasteiger partial charge in [-0.15, -0.1) is 23.8 Å². The Hall–Kier alpha value is -4.26. The average Bonchev–Trinajstić information content (AvgIpc) is 3.07. The minimum absolute atomic E-state index is 0. The number of rotatable bonds is 9. The molecular weight excluding hydrogens is 761 g/mol. The van der Waals surface area contributed by atoms with Crippen LogP contribution in [0.4, 0.5) is 0 Å². The summed E-state index contributed by atoms with van der Waals surface area (Å²) >= 11 is 0. The first-order valence-electron chi connectivity index (χ1n) is 13.2. The number of Topliss-reactive ketones (excluding diaryl/α,β-unsaturated/α-hetero) is 1. The molecule has 12 nitrogen and oxygen atoms in total. The third-order valence-corrected chi connectivity index (χ3v) is 5.99. The smallest absolute Gasteiger partial charge is 0.158 e. The van der Waals surface area contributed by atoms with Crippen molar-refractivity contribution < 1.29 is 59.5 Å². The average molecular weight is 797 g/mol. The molecule has 0 spiro atoms. The number of methoxy groups -OCH3 is 3. The fourth-order valence-electron chi connectivity index (χ4n) is 3.37. The Kier molecular flexibility index (Phi) is 17.1. The molecule has 243 valence electrons. The number of aliphatic hydroxyl groups is 4. The summed E-state index contributed by atoms with van der Waals surface area (Å²) in [7, 11) is 4.61. The Balaban J connectivity index is 0.000000359. The molecule has 0 atom stereocenters. The van der Waals surface area contributed by atoms with Crippen LogP contribution in [0.3, 0.4) is 0 Å². The van der Waals surface area contributed by atoms with Gasteiger partial charge in [-0.1, -0.05) is 17.7 Å². The van der Waals surface area contributed by atoms with Crippen molar-refractivity contribution in [3.05, 3.63) is 89.2 Å². The van der Waals surface area contributed by atoms with Crippen LogP contribution in [-0.4, -0.2) is 67.5 Å². The minimum atomic E-state index is -0.228. The molecule has 1 radical (unpaired) electrons. The number of hydrogen-bond acceptors (Lipinski definition) is 12. The topological polar surface area (TPSA) is 177 Å². The molecular formula is C32H36IrN4O8-2. The monoisotopic (exact) mass is 797 g/mol. The largest absolute Gasteiger partial charge is 0.524 e. The maximum absolute atomic E-state index is 10.4. The number of pyridine rings is 4. The number of nitrogens with zero attached hydrogens (tertiary/aromatic N) is 4. The predicted octanol–water partition coefficient (Wildman–Crippen LogP) is 3.82. The van der Waals surface area contributed by atoms with Gasteiger partial charge in [0.25, 0.3) is 0 Å². The Morgan fingerprint density at radius 2 is 1.44 bits per heavy atom. The minimum Gasteiger partial charge on any atom is -0.524 e. The summed E-state index contributed by atoms with van der Waals surface area (Å²) in [6.07, 6.45) is 3.24. The Labute approximate surface area is 275 Å². The summed E-state index contributed by atoms with van der Waals surface area (Å²) in [6.45, 7) is 4.07. The standard InChI is InChI=1S/2C13H13N2O3.C6H10O2.Ir/c1-17-10-5-6-14-12(7-10)11-4-3-9(8-16)15-13(11)18-2;1-18-13-3-2-10(12(8-17)15-13)11-6-9(7-16)4-5-14-11;1-4(5(2)7)6(3)8;/h3,5-7,16H,8H2,1-2H3;3-6,16-17H,7-8H2,1H3;7H,1-3H3;/q2*-1;;/b;;5-4-;. The van der Waals surface area contributed by atoms with E-state index in [0.29, 0.717) is 57.0 Å². The van der Waals surface area contributed by atoms with E-state index in [-0.39, 0.29) is 51.5 Å². The quantitative estimate of drug-likeness (QED) is 0.110. The van der Waals surface area contributed by atoms with Gasteiger partial charge in [0.2, 0.25) is 0 Å². The number of ketones is 1. The third-order valence-electron chi connectivity index (χ3n) is 5.99. The van der Waals surface area contributed by atoms with Crippen molar-refractivity contribution in [3.8, 4) is 40.0 Å². The number of allylic oxidation sites excluding steroid dienone is 2. The van der Waals surface area contributed by atoms with E-state index < -0.39 is 0 Å². The number of carbonyl (C=O) groups is 1. The fraction of sp³-hybridized carbons (Fsp3) is 0.281. The van der Waals surface area contributed by atoms with Crippen LogP contribution in [0.2, 0.25) is 0 Å². The molecule has 4 N–H and O–H groups in total. The molecule has 0 unspecified atom stereocenters. The summed E-state index contributed by atoms with van der Waals surface area (Å²) < 4.78 is 15.3. The molecule has 0 aliphatic heterocycles. The zero-order chi connectivity index (χ0) is 32.6. The van der Waals surface area contributed by atoms with Gasteiger partial charge >= 0.3 is 0 Å². The van der Waals surface area contributed by atoms with Crippen molar-refractivity contribution in [1.82, 2.24) is 19.9 Å². The second-order valence-corrected chi connectivity index (χ2v) is 8.91. The van der Waals surface area contributed by atoms with E-state index in [1.54, 1.807) is 62.8 Å². The zero-order valence-corrected chi connectivity index (χ0v) is 28.2. The summed E-state index contributed by atoms with van der Waals surface area (Å²) in [5.41, 5.74) is 4.62. The van der Waals surface area contributed by atoms with Crippen molar-refractivity contribution in [1.29, 1.82) is 0 Å². The van der Waals surface area contributed by atoms with Crippen molar-refractivity contribution in [2.75, 3.05) is 21.3 Å². The summed E-state index contributed by atoms with van der Waals surface area (Å²) in [4.78, 5) is 27.1. The van der Waals surface area contributed by atoms with Gasteiger partial charge in [-0.25, -0.2) is 0 Å². The summed E-state index contributed by atoms with van der Waals surface area (Å²) in [6, 6.07) is 16.2. The molecule has 13 heteroatoms. The SMILES string of the molecule is CC(=O)/C(C)=C(/C)O.COc1c[c-]c(-c2cc(CO)ccn2)c(CO)n1.COc1ccnc(-c2[c-]cc(CO)nc2OC)c1.[Ir]. The number of aromatic nitrogens is 4. The van der Waals surface area contributed by atoms with Gasteiger partial charge in [0, 0.05) is 38.1 Å². The van der Waals surface area contributed by atoms with Crippen LogP contribution in [0.15, 0.2) is 60.1 Å². The Morgan fingerprint density at radius 1 is 0.800 bits per heavy atom. The maximum Gasteiger partial charge on any atom is 0.158 e. The van der Waals surface area contributed by atoms with E-state index in [4.69, 9.17) is 29.5 Å². The van der Waals surface area contributed by atoms with Crippen LogP contribution in [0.25, 0.3) is 22.5 Å². The summed E-state index contributed by atoms with van der Waals surface area (Å²) in [5, 5.41) is 36.1. The molecule has 0 aliphatic rings. The molecule has 0 amide bonds. The molecule has 4 aromatic rings. The van der Waals surface area contributed by atoms with Gasteiger partial charge in [0.15, 0.2) is 5.78 Å². The number of carbonyl (C=O) groups excluding carboxylic acids is 1. The van der Waals surface area contributed by atoms with Crippen molar-refractivity contribution in [3.63, 3.8) is 0 Å². The molecule has 4 aromatic heterocycles. The van der Waals surface area contributed by atoms with Gasteiger partial charge in [-0.05, 0) is 67.3 Å². The van der Waals surface area contributed by atoms with Crippen molar-refractivity contribution in [2.45, 2.75) is 40.6 Å². The third kappa shape index (κ3) is 11.6. The Morgan fingerprint density at radius 3 is 1.96 bits per heavy atom. The van der Waals surface area contributed by atoms with Crippen LogP contribution in [-0.2, 0) is 44.7 Å². The van der Waals surface area contributed by atoms with E-state index in [1.165, 1.54) is 28.1 Å². The van der Waals surface area contributed by atoms with E-state index >= 15 is 0 Å². The molecule has 4 heterocycles. The van der Waals surface area contributed by atoms with Gasteiger partial charge in [-0.2, -0.15) is 0 Å². The predicted molar refractivity (Wildman–Crippen MR) is 162 cm³/mol. The van der Waals surface area contributed by atoms with E-state index in [9.17, 15) is 9.90 Å². The summed E-state index contributed by atoms with van der Waals surface area (Å²) in [5.74, 6) is 1.49. The molecule has 0 aliphatic carbocycles. The molecule has 0 fully saturated rings. The number of hydrogen-bond donors (Lipinski definition) is 4. The first-order valence-corrected chi connectivity index (χ1v) is 13.2. The Bertz CT molecular complexity index is 1460. The van der Waals surface area contributed by atoms with Gasteiger partial charge < -0.3 is 54.6 Å². The van der Waals surface area contributed by atoms with Gasteiger partial charge in [-0.3, -0.25) is 4.79 Å².